The molecule has 5 heteroatoms. The van der Waals surface area contributed by atoms with E-state index in [2.05, 4.69) is 6.58 Å². The van der Waals surface area contributed by atoms with Crippen molar-refractivity contribution >= 4 is 11.9 Å². The number of fused-ring (bicyclic) bond motifs is 1. The molecule has 1 spiro atoms. The van der Waals surface area contributed by atoms with Crippen LogP contribution in [0.4, 0.5) is 0 Å². The Labute approximate surface area is 135 Å². The van der Waals surface area contributed by atoms with E-state index in [0.29, 0.717) is 18.6 Å². The summed E-state index contributed by atoms with van der Waals surface area (Å²) in [6, 6.07) is 4.96. The summed E-state index contributed by atoms with van der Waals surface area (Å²) < 4.78 is 16.9. The molecule has 0 N–H and O–H groups in total. The Balaban J connectivity index is 1.92. The van der Waals surface area contributed by atoms with Crippen LogP contribution in [0.25, 0.3) is 0 Å². The van der Waals surface area contributed by atoms with E-state index in [1.807, 2.05) is 0 Å². The average Bonchev–Trinajstić information content (AvgIpc) is 2.72. The van der Waals surface area contributed by atoms with Crippen LogP contribution in [0.3, 0.4) is 0 Å². The van der Waals surface area contributed by atoms with Gasteiger partial charge in [0.05, 0.1) is 0 Å². The number of ether oxygens (including phenoxy) is 3. The molecule has 5 nitrogen and oxygen atoms in total. The fourth-order valence-electron chi connectivity index (χ4n) is 2.98. The van der Waals surface area contributed by atoms with Crippen molar-refractivity contribution in [3.05, 3.63) is 35.9 Å². The molecule has 1 fully saturated rings. The summed E-state index contributed by atoms with van der Waals surface area (Å²) in [4.78, 5) is 24.3. The quantitative estimate of drug-likeness (QED) is 0.472. The van der Waals surface area contributed by atoms with Crippen LogP contribution in [0.15, 0.2) is 30.4 Å². The van der Waals surface area contributed by atoms with Gasteiger partial charge in [0, 0.05) is 18.4 Å². The number of benzene rings is 1. The fraction of sp³-hybridized carbons (Fsp3) is 0.444. The van der Waals surface area contributed by atoms with E-state index in [1.165, 1.54) is 0 Å². The summed E-state index contributed by atoms with van der Waals surface area (Å²) in [6.45, 7) is 5.09. The molecule has 0 atom stereocenters. The average molecular weight is 316 g/mol. The van der Waals surface area contributed by atoms with Gasteiger partial charge >= 0.3 is 11.9 Å². The topological polar surface area (TPSA) is 61.8 Å². The Morgan fingerprint density at radius 1 is 1.17 bits per heavy atom. The second-order valence-corrected chi connectivity index (χ2v) is 6.12. The highest BCUT2D eigenvalue weighted by Crippen LogP contribution is 2.42. The summed E-state index contributed by atoms with van der Waals surface area (Å²) in [5, 5.41) is 0. The first kappa shape index (κ1) is 15.6. The van der Waals surface area contributed by atoms with Crippen LogP contribution in [0.2, 0.25) is 0 Å². The van der Waals surface area contributed by atoms with E-state index in [4.69, 9.17) is 14.2 Å². The van der Waals surface area contributed by atoms with E-state index in [9.17, 15) is 9.59 Å². The number of hydrogen-bond donors (Lipinski definition) is 0. The molecular formula is C18H20O5. The van der Waals surface area contributed by atoms with Gasteiger partial charge in [-0.2, -0.15) is 0 Å². The molecular weight excluding hydrogens is 296 g/mol. The lowest BCUT2D eigenvalue weighted by molar-refractivity contribution is -0.162. The van der Waals surface area contributed by atoms with E-state index in [-0.39, 0.29) is 16.9 Å². The Morgan fingerprint density at radius 3 is 2.52 bits per heavy atom. The zero-order valence-corrected chi connectivity index (χ0v) is 13.2. The minimum atomic E-state index is -0.877. The molecule has 1 saturated carbocycles. The molecule has 1 aromatic carbocycles. The zero-order valence-electron chi connectivity index (χ0n) is 13.2. The van der Waals surface area contributed by atoms with Crippen molar-refractivity contribution < 1.29 is 23.8 Å². The first-order valence-electron chi connectivity index (χ1n) is 7.94. The molecule has 0 radical (unpaired) electrons. The second kappa shape index (κ2) is 6.07. The van der Waals surface area contributed by atoms with Gasteiger partial charge in [-0.05, 0) is 31.9 Å². The summed E-state index contributed by atoms with van der Waals surface area (Å²) in [6.07, 6.45) is 5.54. The zero-order chi connectivity index (χ0) is 16.4. The van der Waals surface area contributed by atoms with Crippen molar-refractivity contribution in [1.29, 1.82) is 0 Å². The van der Waals surface area contributed by atoms with Crippen LogP contribution in [-0.4, -0.2) is 17.7 Å². The molecule has 1 aromatic rings. The first-order valence-corrected chi connectivity index (χ1v) is 7.94. The first-order chi connectivity index (χ1) is 11.0. The minimum absolute atomic E-state index is 0.143. The van der Waals surface area contributed by atoms with E-state index in [1.54, 1.807) is 25.1 Å². The molecule has 0 amide bonds. The van der Waals surface area contributed by atoms with Crippen LogP contribution >= 0.6 is 0 Å². The highest BCUT2D eigenvalue weighted by atomic mass is 16.7. The smallest absolute Gasteiger partial charge is 0.349 e. The lowest BCUT2D eigenvalue weighted by atomic mass is 10.0. The Kier molecular flexibility index (Phi) is 4.11. The van der Waals surface area contributed by atoms with E-state index < -0.39 is 17.7 Å². The molecule has 0 saturated heterocycles. The van der Waals surface area contributed by atoms with Gasteiger partial charge in [0.1, 0.15) is 17.1 Å². The van der Waals surface area contributed by atoms with Gasteiger partial charge in [0.25, 0.3) is 5.79 Å². The maximum atomic E-state index is 12.5. The number of esters is 2. The molecule has 1 aliphatic carbocycles. The third kappa shape index (κ3) is 3.09. The third-order valence-corrected chi connectivity index (χ3v) is 4.18. The summed E-state index contributed by atoms with van der Waals surface area (Å²) in [5.74, 6) is -1.41. The molecule has 122 valence electrons. The van der Waals surface area contributed by atoms with Crippen molar-refractivity contribution in [2.45, 2.75) is 51.2 Å². The van der Waals surface area contributed by atoms with Gasteiger partial charge in [-0.25, -0.2) is 9.59 Å². The summed E-state index contributed by atoms with van der Waals surface area (Å²) in [7, 11) is 0. The minimum Gasteiger partial charge on any atom is -0.451 e. The largest absolute Gasteiger partial charge is 0.451 e. The highest BCUT2D eigenvalue weighted by Gasteiger charge is 2.43. The Bertz CT molecular complexity index is 653. The Hall–Kier alpha value is -2.30. The number of rotatable bonds is 2. The highest BCUT2D eigenvalue weighted by molar-refractivity contribution is 5.98. The molecule has 0 bridgehead atoms. The van der Waals surface area contributed by atoms with Gasteiger partial charge in [0.2, 0.25) is 0 Å². The predicted octanol–water partition coefficient (Wildman–Crippen LogP) is 3.77. The SMILES string of the molecule is C=C(C)C(=O)Oc1cccc2c1C(=O)OC1(CCCCCC1)O2. The Morgan fingerprint density at radius 2 is 1.87 bits per heavy atom. The maximum absolute atomic E-state index is 12.5. The predicted molar refractivity (Wildman–Crippen MR) is 83.4 cm³/mol. The lowest BCUT2D eigenvalue weighted by Gasteiger charge is -2.37. The standard InChI is InChI=1S/C18H20O5/c1-12(2)16(19)21-13-8-7-9-14-15(13)17(20)23-18(22-14)10-5-3-4-6-11-18/h7-9H,1,3-6,10-11H2,2H3. The molecule has 1 heterocycles. The van der Waals surface area contributed by atoms with Crippen molar-refractivity contribution in [2.24, 2.45) is 0 Å². The molecule has 1 aliphatic heterocycles. The van der Waals surface area contributed by atoms with Crippen molar-refractivity contribution in [3.8, 4) is 11.5 Å². The molecule has 23 heavy (non-hydrogen) atoms. The van der Waals surface area contributed by atoms with Crippen molar-refractivity contribution in [2.75, 3.05) is 0 Å². The van der Waals surface area contributed by atoms with Crippen LogP contribution in [0.1, 0.15) is 55.8 Å². The number of hydrogen-bond acceptors (Lipinski definition) is 5. The number of carbonyl (C=O) groups excluding carboxylic acids is 2. The van der Waals surface area contributed by atoms with Crippen molar-refractivity contribution in [3.63, 3.8) is 0 Å². The molecule has 3 rings (SSSR count). The van der Waals surface area contributed by atoms with Crippen LogP contribution in [0.5, 0.6) is 11.5 Å². The van der Waals surface area contributed by atoms with Crippen molar-refractivity contribution in [1.82, 2.24) is 0 Å². The lowest BCUT2D eigenvalue weighted by Crippen LogP contribution is -2.44. The second-order valence-electron chi connectivity index (χ2n) is 6.12. The van der Waals surface area contributed by atoms with E-state index >= 15 is 0 Å². The van der Waals surface area contributed by atoms with E-state index in [0.717, 1.165) is 25.7 Å². The summed E-state index contributed by atoms with van der Waals surface area (Å²) >= 11 is 0. The van der Waals surface area contributed by atoms with Gasteiger partial charge in [0.15, 0.2) is 0 Å². The van der Waals surface area contributed by atoms with Crippen LogP contribution in [-0.2, 0) is 9.53 Å². The molecule has 2 aliphatic rings. The monoisotopic (exact) mass is 316 g/mol. The molecule has 0 unspecified atom stereocenters. The maximum Gasteiger partial charge on any atom is 0.349 e. The van der Waals surface area contributed by atoms with Crippen LogP contribution < -0.4 is 9.47 Å². The van der Waals surface area contributed by atoms with Gasteiger partial charge < -0.3 is 14.2 Å². The van der Waals surface area contributed by atoms with Gasteiger partial charge in [-0.15, -0.1) is 0 Å². The van der Waals surface area contributed by atoms with Crippen LogP contribution in [0, 0.1) is 0 Å². The summed E-state index contributed by atoms with van der Waals surface area (Å²) in [5.41, 5.74) is 0.421. The fourth-order valence-corrected chi connectivity index (χ4v) is 2.98. The normalized spacial score (nSPS) is 19.1. The molecule has 0 aromatic heterocycles. The number of carbonyl (C=O) groups is 2. The van der Waals surface area contributed by atoms with Gasteiger partial charge in [-0.1, -0.05) is 25.5 Å². The third-order valence-electron chi connectivity index (χ3n) is 4.18. The van der Waals surface area contributed by atoms with Gasteiger partial charge in [-0.3, -0.25) is 0 Å².